The molecule has 4 nitrogen and oxygen atoms in total. The van der Waals surface area contributed by atoms with Crippen molar-refractivity contribution in [3.05, 3.63) is 59.9 Å². The van der Waals surface area contributed by atoms with Crippen molar-refractivity contribution in [2.45, 2.75) is 6.54 Å². The second kappa shape index (κ2) is 6.53. The zero-order valence-corrected chi connectivity index (χ0v) is 12.7. The second-order valence-corrected chi connectivity index (χ2v) is 5.36. The molecule has 0 aliphatic carbocycles. The minimum absolute atomic E-state index is 0.242. The van der Waals surface area contributed by atoms with Gasteiger partial charge in [-0.05, 0) is 17.7 Å². The van der Waals surface area contributed by atoms with Crippen LogP contribution in [-0.4, -0.2) is 16.5 Å². The van der Waals surface area contributed by atoms with Crippen molar-refractivity contribution in [3.8, 4) is 17.1 Å². The van der Waals surface area contributed by atoms with Gasteiger partial charge in [-0.1, -0.05) is 36.4 Å². The first-order chi connectivity index (χ1) is 10.8. The molecule has 0 atom stereocenters. The van der Waals surface area contributed by atoms with E-state index in [1.54, 1.807) is 6.07 Å². The van der Waals surface area contributed by atoms with Gasteiger partial charge in [0.1, 0.15) is 0 Å². The first-order valence-electron chi connectivity index (χ1n) is 6.71. The molecule has 0 radical (unpaired) electrons. The van der Waals surface area contributed by atoms with Gasteiger partial charge in [-0.25, -0.2) is 4.39 Å². The van der Waals surface area contributed by atoms with Crippen LogP contribution >= 0.6 is 11.5 Å². The average Bonchev–Trinajstić information content (AvgIpc) is 3.03. The molecule has 0 fully saturated rings. The van der Waals surface area contributed by atoms with E-state index in [1.165, 1.54) is 24.7 Å². The van der Waals surface area contributed by atoms with Crippen molar-refractivity contribution >= 4 is 16.7 Å². The van der Waals surface area contributed by atoms with Crippen LogP contribution in [-0.2, 0) is 6.54 Å². The lowest BCUT2D eigenvalue weighted by Crippen LogP contribution is -2.00. The van der Waals surface area contributed by atoms with Crippen molar-refractivity contribution < 1.29 is 9.13 Å². The van der Waals surface area contributed by atoms with Crippen molar-refractivity contribution in [2.75, 3.05) is 12.4 Å². The first kappa shape index (κ1) is 14.5. The van der Waals surface area contributed by atoms with E-state index in [1.807, 2.05) is 36.4 Å². The number of benzene rings is 2. The SMILES string of the molecule is COc1ccc(CNc2nc(-c3ccccc3)ns2)cc1F. The molecule has 0 aliphatic heterocycles. The van der Waals surface area contributed by atoms with Gasteiger partial charge in [0.2, 0.25) is 5.13 Å². The Kier molecular flexibility index (Phi) is 4.29. The van der Waals surface area contributed by atoms with Crippen LogP contribution in [0.3, 0.4) is 0 Å². The summed E-state index contributed by atoms with van der Waals surface area (Å²) in [7, 11) is 1.45. The number of aromatic nitrogens is 2. The summed E-state index contributed by atoms with van der Waals surface area (Å²) in [5.74, 6) is 0.559. The summed E-state index contributed by atoms with van der Waals surface area (Å²) in [5.41, 5.74) is 1.79. The Hall–Kier alpha value is -2.47. The molecule has 0 bridgehead atoms. The van der Waals surface area contributed by atoms with Crippen LogP contribution in [0.1, 0.15) is 5.56 Å². The van der Waals surface area contributed by atoms with Gasteiger partial charge in [0.25, 0.3) is 0 Å². The minimum Gasteiger partial charge on any atom is -0.494 e. The quantitative estimate of drug-likeness (QED) is 0.774. The van der Waals surface area contributed by atoms with Crippen LogP contribution in [0.2, 0.25) is 0 Å². The molecule has 0 amide bonds. The molecule has 22 heavy (non-hydrogen) atoms. The molecule has 3 rings (SSSR count). The number of ether oxygens (including phenoxy) is 1. The van der Waals surface area contributed by atoms with Crippen molar-refractivity contribution in [1.29, 1.82) is 0 Å². The van der Waals surface area contributed by atoms with E-state index in [-0.39, 0.29) is 11.6 Å². The zero-order valence-electron chi connectivity index (χ0n) is 11.9. The fraction of sp³-hybridized carbons (Fsp3) is 0.125. The third-order valence-corrected chi connectivity index (χ3v) is 3.79. The molecule has 112 valence electrons. The number of nitrogens with one attached hydrogen (secondary N) is 1. The average molecular weight is 315 g/mol. The highest BCUT2D eigenvalue weighted by molar-refractivity contribution is 7.09. The Balaban J connectivity index is 1.67. The van der Waals surface area contributed by atoms with Gasteiger partial charge in [0.15, 0.2) is 17.4 Å². The molecule has 0 saturated carbocycles. The number of rotatable bonds is 5. The van der Waals surface area contributed by atoms with E-state index in [4.69, 9.17) is 4.74 Å². The number of hydrogen-bond acceptors (Lipinski definition) is 5. The highest BCUT2D eigenvalue weighted by Gasteiger charge is 2.07. The fourth-order valence-electron chi connectivity index (χ4n) is 2.00. The molecule has 0 aliphatic rings. The molecule has 3 aromatic rings. The van der Waals surface area contributed by atoms with Crippen molar-refractivity contribution in [2.24, 2.45) is 0 Å². The maximum atomic E-state index is 13.6. The van der Waals surface area contributed by atoms with Gasteiger partial charge in [0.05, 0.1) is 7.11 Å². The predicted molar refractivity (Wildman–Crippen MR) is 85.6 cm³/mol. The van der Waals surface area contributed by atoms with E-state index in [9.17, 15) is 4.39 Å². The minimum atomic E-state index is -0.371. The van der Waals surface area contributed by atoms with Gasteiger partial charge < -0.3 is 10.1 Å². The summed E-state index contributed by atoms with van der Waals surface area (Å²) in [6, 6.07) is 14.6. The Morgan fingerprint density at radius 3 is 2.73 bits per heavy atom. The van der Waals surface area contributed by atoms with Gasteiger partial charge in [-0.3, -0.25) is 0 Å². The van der Waals surface area contributed by atoms with Gasteiger partial charge in [0, 0.05) is 23.6 Å². The summed E-state index contributed by atoms with van der Waals surface area (Å²) in [6.07, 6.45) is 0. The monoisotopic (exact) mass is 315 g/mol. The third kappa shape index (κ3) is 3.23. The van der Waals surface area contributed by atoms with E-state index < -0.39 is 0 Å². The van der Waals surface area contributed by atoms with Crippen LogP contribution < -0.4 is 10.1 Å². The summed E-state index contributed by atoms with van der Waals surface area (Å²) in [5, 5.41) is 3.86. The predicted octanol–water partition coefficient (Wildman–Crippen LogP) is 3.96. The van der Waals surface area contributed by atoms with Gasteiger partial charge >= 0.3 is 0 Å². The fourth-order valence-corrected chi connectivity index (χ4v) is 2.58. The molecule has 0 spiro atoms. The number of hydrogen-bond donors (Lipinski definition) is 1. The molecule has 0 saturated heterocycles. The molecule has 0 unspecified atom stereocenters. The Bertz CT molecular complexity index is 761. The summed E-state index contributed by atoms with van der Waals surface area (Å²) >= 11 is 1.28. The van der Waals surface area contributed by atoms with Crippen LogP contribution in [0.15, 0.2) is 48.5 Å². The lowest BCUT2D eigenvalue weighted by Gasteiger charge is -2.05. The Labute approximate surface area is 131 Å². The largest absolute Gasteiger partial charge is 0.494 e. The highest BCUT2D eigenvalue weighted by Crippen LogP contribution is 2.22. The number of methoxy groups -OCH3 is 1. The van der Waals surface area contributed by atoms with E-state index >= 15 is 0 Å². The molecule has 6 heteroatoms. The van der Waals surface area contributed by atoms with Crippen LogP contribution in [0.4, 0.5) is 9.52 Å². The number of anilines is 1. The standard InChI is InChI=1S/C16H14FN3OS/c1-21-14-8-7-11(9-13(14)17)10-18-16-19-15(20-22-16)12-5-3-2-4-6-12/h2-9H,10H2,1H3,(H,18,19,20). The normalized spacial score (nSPS) is 10.5. The summed E-state index contributed by atoms with van der Waals surface area (Å²) < 4.78 is 22.8. The van der Waals surface area contributed by atoms with Crippen LogP contribution in [0, 0.1) is 5.82 Å². The second-order valence-electron chi connectivity index (χ2n) is 4.61. The Morgan fingerprint density at radius 1 is 1.18 bits per heavy atom. The van der Waals surface area contributed by atoms with Crippen LogP contribution in [0.5, 0.6) is 5.75 Å². The molecule has 1 aromatic heterocycles. The first-order valence-corrected chi connectivity index (χ1v) is 7.49. The molecular weight excluding hydrogens is 301 g/mol. The summed E-state index contributed by atoms with van der Waals surface area (Å²) in [6.45, 7) is 0.477. The lowest BCUT2D eigenvalue weighted by atomic mass is 10.2. The maximum absolute atomic E-state index is 13.6. The van der Waals surface area contributed by atoms with E-state index in [2.05, 4.69) is 14.7 Å². The van der Waals surface area contributed by atoms with E-state index in [0.29, 0.717) is 17.5 Å². The number of nitrogens with zero attached hydrogens (tertiary/aromatic N) is 2. The van der Waals surface area contributed by atoms with Crippen molar-refractivity contribution in [1.82, 2.24) is 9.36 Å². The molecule has 1 heterocycles. The zero-order chi connectivity index (χ0) is 15.4. The summed E-state index contributed by atoms with van der Waals surface area (Å²) in [4.78, 5) is 4.43. The lowest BCUT2D eigenvalue weighted by molar-refractivity contribution is 0.386. The molecule has 2 aromatic carbocycles. The third-order valence-electron chi connectivity index (χ3n) is 3.12. The van der Waals surface area contributed by atoms with Gasteiger partial charge in [-0.15, -0.1) is 0 Å². The molecule has 1 N–H and O–H groups in total. The highest BCUT2D eigenvalue weighted by atomic mass is 32.1. The topological polar surface area (TPSA) is 47.0 Å². The van der Waals surface area contributed by atoms with Gasteiger partial charge in [-0.2, -0.15) is 9.36 Å². The molecular formula is C16H14FN3OS. The van der Waals surface area contributed by atoms with E-state index in [0.717, 1.165) is 11.1 Å². The van der Waals surface area contributed by atoms with Crippen molar-refractivity contribution in [3.63, 3.8) is 0 Å². The maximum Gasteiger partial charge on any atom is 0.203 e. The van der Waals surface area contributed by atoms with Crippen LogP contribution in [0.25, 0.3) is 11.4 Å². The number of halogens is 1. The smallest absolute Gasteiger partial charge is 0.203 e. The Morgan fingerprint density at radius 2 is 2.00 bits per heavy atom.